The molecule has 128 valence electrons. The maximum Gasteiger partial charge on any atom is 0.255 e. The van der Waals surface area contributed by atoms with Crippen molar-refractivity contribution in [2.75, 3.05) is 5.32 Å². The molecule has 6 nitrogen and oxygen atoms in total. The molecular formula is C19H21N5O. The average molecular weight is 335 g/mol. The smallest absolute Gasteiger partial charge is 0.255 e. The zero-order valence-electron chi connectivity index (χ0n) is 14.7. The Kier molecular flexibility index (Phi) is 3.75. The molecule has 2 heterocycles. The van der Waals surface area contributed by atoms with Crippen LogP contribution >= 0.6 is 0 Å². The van der Waals surface area contributed by atoms with Crippen molar-refractivity contribution in [1.82, 2.24) is 19.9 Å². The Morgan fingerprint density at radius 2 is 1.84 bits per heavy atom. The average Bonchev–Trinajstić information content (AvgIpc) is 2.56. The fraction of sp³-hybridized carbons (Fsp3) is 0.368. The summed E-state index contributed by atoms with van der Waals surface area (Å²) in [6.07, 6.45) is 3.79. The number of aromatic amines is 1. The van der Waals surface area contributed by atoms with Crippen molar-refractivity contribution >= 4 is 22.8 Å². The summed E-state index contributed by atoms with van der Waals surface area (Å²) in [4.78, 5) is 28.8. The van der Waals surface area contributed by atoms with E-state index < -0.39 is 0 Å². The number of nitrogens with zero attached hydrogens (tertiary/aromatic N) is 3. The van der Waals surface area contributed by atoms with E-state index in [1.54, 1.807) is 0 Å². The predicted octanol–water partition coefficient (Wildman–Crippen LogP) is 3.26. The summed E-state index contributed by atoms with van der Waals surface area (Å²) in [6.45, 7) is 6.08. The van der Waals surface area contributed by atoms with Crippen LogP contribution in [0.15, 0.2) is 16.9 Å². The van der Waals surface area contributed by atoms with Crippen molar-refractivity contribution in [2.45, 2.75) is 46.5 Å². The van der Waals surface area contributed by atoms with Gasteiger partial charge in [-0.15, -0.1) is 0 Å². The maximum atomic E-state index is 12.3. The van der Waals surface area contributed by atoms with Crippen LogP contribution in [0.2, 0.25) is 0 Å². The summed E-state index contributed by atoms with van der Waals surface area (Å²) in [6, 6.07) is 4.21. The highest BCUT2D eigenvalue weighted by molar-refractivity contribution is 5.85. The van der Waals surface area contributed by atoms with Gasteiger partial charge >= 0.3 is 0 Å². The van der Waals surface area contributed by atoms with Crippen LogP contribution in [0.3, 0.4) is 0 Å². The van der Waals surface area contributed by atoms with Crippen LogP contribution in [-0.4, -0.2) is 19.9 Å². The highest BCUT2D eigenvalue weighted by atomic mass is 16.1. The first-order chi connectivity index (χ1) is 12.0. The van der Waals surface area contributed by atoms with E-state index in [4.69, 9.17) is 0 Å². The summed E-state index contributed by atoms with van der Waals surface area (Å²) in [5.74, 6) is 0.866. The molecule has 0 bridgehead atoms. The third-order valence-electron chi connectivity index (χ3n) is 4.75. The lowest BCUT2D eigenvalue weighted by atomic mass is 9.97. The SMILES string of the molecule is Cc1cc(C)c2nc(Nc3nc4c(c(=O)[nH]3)CCCC4)nc(C)c2c1. The molecule has 4 rings (SSSR count). The summed E-state index contributed by atoms with van der Waals surface area (Å²) < 4.78 is 0. The molecule has 0 unspecified atom stereocenters. The lowest BCUT2D eigenvalue weighted by Gasteiger charge is -2.15. The fourth-order valence-corrected chi connectivity index (χ4v) is 3.56. The van der Waals surface area contributed by atoms with E-state index in [9.17, 15) is 4.79 Å². The molecule has 25 heavy (non-hydrogen) atoms. The van der Waals surface area contributed by atoms with Crippen molar-refractivity contribution in [3.63, 3.8) is 0 Å². The Morgan fingerprint density at radius 3 is 2.68 bits per heavy atom. The van der Waals surface area contributed by atoms with Gasteiger partial charge in [-0.1, -0.05) is 11.6 Å². The summed E-state index contributed by atoms with van der Waals surface area (Å²) in [5.41, 5.74) is 5.77. The second-order valence-electron chi connectivity index (χ2n) is 6.78. The maximum absolute atomic E-state index is 12.3. The van der Waals surface area contributed by atoms with Crippen LogP contribution in [0.25, 0.3) is 10.9 Å². The molecule has 1 aromatic carbocycles. The molecule has 1 aliphatic carbocycles. The summed E-state index contributed by atoms with van der Waals surface area (Å²) in [5, 5.41) is 4.13. The highest BCUT2D eigenvalue weighted by Crippen LogP contribution is 2.23. The molecule has 0 amide bonds. The van der Waals surface area contributed by atoms with Gasteiger partial charge in [0.05, 0.1) is 16.9 Å². The van der Waals surface area contributed by atoms with Gasteiger partial charge in [-0.05, 0) is 58.1 Å². The number of hydrogen-bond donors (Lipinski definition) is 2. The van der Waals surface area contributed by atoms with Crippen LogP contribution in [0.1, 0.15) is 40.9 Å². The third-order valence-corrected chi connectivity index (χ3v) is 4.75. The Labute approximate surface area is 145 Å². The third kappa shape index (κ3) is 2.88. The Hall–Kier alpha value is -2.76. The number of H-pyrrole nitrogens is 1. The standard InChI is InChI=1S/C19H21N5O/c1-10-8-11(2)16-14(9-10)12(3)20-18(22-16)24-19-21-15-7-5-4-6-13(15)17(25)23-19/h8-9H,4-7H2,1-3H3,(H2,20,21,22,23,24,25). The van der Waals surface area contributed by atoms with E-state index in [0.29, 0.717) is 11.9 Å². The Bertz CT molecular complexity index is 1040. The molecule has 0 fully saturated rings. The van der Waals surface area contributed by atoms with Crippen molar-refractivity contribution in [3.05, 3.63) is 50.6 Å². The number of nitrogens with one attached hydrogen (secondary N) is 2. The molecular weight excluding hydrogens is 314 g/mol. The topological polar surface area (TPSA) is 83.6 Å². The molecule has 1 aliphatic rings. The number of aryl methyl sites for hydroxylation is 4. The first-order valence-corrected chi connectivity index (χ1v) is 8.66. The van der Waals surface area contributed by atoms with Crippen LogP contribution in [0.5, 0.6) is 0 Å². The number of anilines is 2. The molecule has 0 spiro atoms. The number of aromatic nitrogens is 4. The van der Waals surface area contributed by atoms with Crippen molar-refractivity contribution in [3.8, 4) is 0 Å². The number of hydrogen-bond acceptors (Lipinski definition) is 5. The molecule has 2 N–H and O–H groups in total. The number of fused-ring (bicyclic) bond motifs is 2. The van der Waals surface area contributed by atoms with Crippen molar-refractivity contribution in [2.24, 2.45) is 0 Å². The number of benzene rings is 1. The second-order valence-corrected chi connectivity index (χ2v) is 6.78. The first kappa shape index (κ1) is 15.7. The van der Waals surface area contributed by atoms with Crippen LogP contribution in [-0.2, 0) is 12.8 Å². The van der Waals surface area contributed by atoms with E-state index in [2.05, 4.69) is 44.3 Å². The minimum absolute atomic E-state index is 0.0588. The van der Waals surface area contributed by atoms with Gasteiger partial charge in [0.1, 0.15) is 0 Å². The number of rotatable bonds is 2. The molecule has 0 atom stereocenters. The fourth-order valence-electron chi connectivity index (χ4n) is 3.56. The highest BCUT2D eigenvalue weighted by Gasteiger charge is 2.16. The van der Waals surface area contributed by atoms with E-state index in [0.717, 1.165) is 59.1 Å². The van der Waals surface area contributed by atoms with Gasteiger partial charge < -0.3 is 0 Å². The zero-order chi connectivity index (χ0) is 17.6. The monoisotopic (exact) mass is 335 g/mol. The lowest BCUT2D eigenvalue weighted by molar-refractivity contribution is 0.657. The molecule has 6 heteroatoms. The Morgan fingerprint density at radius 1 is 1.04 bits per heavy atom. The molecule has 0 saturated heterocycles. The largest absolute Gasteiger partial charge is 0.294 e. The molecule has 0 aliphatic heterocycles. The van der Waals surface area contributed by atoms with E-state index in [-0.39, 0.29) is 5.56 Å². The first-order valence-electron chi connectivity index (χ1n) is 8.66. The van der Waals surface area contributed by atoms with Gasteiger partial charge in [-0.25, -0.2) is 15.0 Å². The lowest BCUT2D eigenvalue weighted by Crippen LogP contribution is -2.22. The van der Waals surface area contributed by atoms with Gasteiger partial charge in [-0.2, -0.15) is 0 Å². The summed E-state index contributed by atoms with van der Waals surface area (Å²) >= 11 is 0. The van der Waals surface area contributed by atoms with Crippen LogP contribution in [0, 0.1) is 20.8 Å². The predicted molar refractivity (Wildman–Crippen MR) is 98.5 cm³/mol. The molecule has 3 aromatic rings. The van der Waals surface area contributed by atoms with E-state index in [1.165, 1.54) is 5.56 Å². The molecule has 0 radical (unpaired) electrons. The van der Waals surface area contributed by atoms with Gasteiger partial charge in [-0.3, -0.25) is 15.1 Å². The zero-order valence-corrected chi connectivity index (χ0v) is 14.7. The normalized spacial score (nSPS) is 13.7. The van der Waals surface area contributed by atoms with Gasteiger partial charge in [0, 0.05) is 10.9 Å². The quantitative estimate of drug-likeness (QED) is 0.751. The molecule has 2 aromatic heterocycles. The van der Waals surface area contributed by atoms with Crippen LogP contribution in [0.4, 0.5) is 11.9 Å². The minimum atomic E-state index is -0.0588. The van der Waals surface area contributed by atoms with Crippen molar-refractivity contribution < 1.29 is 0 Å². The van der Waals surface area contributed by atoms with E-state index >= 15 is 0 Å². The summed E-state index contributed by atoms with van der Waals surface area (Å²) in [7, 11) is 0. The van der Waals surface area contributed by atoms with E-state index in [1.807, 2.05) is 13.8 Å². The molecule has 0 saturated carbocycles. The van der Waals surface area contributed by atoms with Crippen LogP contribution < -0.4 is 10.9 Å². The van der Waals surface area contributed by atoms with Gasteiger partial charge in [0.2, 0.25) is 11.9 Å². The second kappa shape index (κ2) is 5.95. The Balaban J connectivity index is 1.76. The van der Waals surface area contributed by atoms with Gasteiger partial charge in [0.15, 0.2) is 0 Å². The minimum Gasteiger partial charge on any atom is -0.294 e. The van der Waals surface area contributed by atoms with Crippen molar-refractivity contribution in [1.29, 1.82) is 0 Å². The van der Waals surface area contributed by atoms with Gasteiger partial charge in [0.25, 0.3) is 5.56 Å².